The van der Waals surface area contributed by atoms with E-state index in [0.29, 0.717) is 24.3 Å². The molecule has 2 aromatic heterocycles. The number of aromatic nitrogens is 1. The number of primary amides is 1. The fraction of sp³-hybridized carbons (Fsp3) is 0.375. The Hall–Kier alpha value is -1.97. The molecule has 25 heavy (non-hydrogen) atoms. The Kier molecular flexibility index (Phi) is 4.81. The lowest BCUT2D eigenvalue weighted by Gasteiger charge is -2.26. The van der Waals surface area contributed by atoms with Gasteiger partial charge in [0.1, 0.15) is 9.97 Å². The number of nitrogens with one attached hydrogen (secondary N) is 1. The number of aryl methyl sites for hydroxylation is 2. The Labute approximate surface area is 149 Å². The SMILES string of the molecule is Cc1noc(C)c1-c1ccc(S(=O)(=O)N[C@@H]2CC=CC[C@H]2C(N)=O)s1. The highest BCUT2D eigenvalue weighted by Gasteiger charge is 2.32. The predicted octanol–water partition coefficient (Wildman–Crippen LogP) is 2.12. The van der Waals surface area contributed by atoms with Crippen LogP contribution >= 0.6 is 11.3 Å². The normalized spacial score (nSPS) is 20.7. The molecule has 0 radical (unpaired) electrons. The van der Waals surface area contributed by atoms with Crippen molar-refractivity contribution < 1.29 is 17.7 Å². The van der Waals surface area contributed by atoms with Gasteiger partial charge in [0.15, 0.2) is 0 Å². The van der Waals surface area contributed by atoms with E-state index in [-0.39, 0.29) is 4.21 Å². The first kappa shape index (κ1) is 17.8. The fourth-order valence-electron chi connectivity index (χ4n) is 2.95. The summed E-state index contributed by atoms with van der Waals surface area (Å²) in [4.78, 5) is 12.3. The van der Waals surface area contributed by atoms with Gasteiger partial charge in [0.25, 0.3) is 0 Å². The first-order valence-corrected chi connectivity index (χ1v) is 10.1. The number of allylic oxidation sites excluding steroid dienone is 1. The minimum atomic E-state index is -3.75. The molecule has 2 heterocycles. The van der Waals surface area contributed by atoms with Crippen molar-refractivity contribution in [2.75, 3.05) is 0 Å². The second-order valence-electron chi connectivity index (χ2n) is 6.00. The molecule has 2 aromatic rings. The molecule has 3 N–H and O–H groups in total. The molecule has 2 atom stereocenters. The van der Waals surface area contributed by atoms with Crippen LogP contribution in [0.15, 0.2) is 33.0 Å². The lowest BCUT2D eigenvalue weighted by Crippen LogP contribution is -2.45. The largest absolute Gasteiger partial charge is 0.369 e. The summed E-state index contributed by atoms with van der Waals surface area (Å²) in [5.74, 6) is -0.399. The molecule has 0 aliphatic heterocycles. The summed E-state index contributed by atoms with van der Waals surface area (Å²) < 4.78 is 33.4. The Bertz CT molecular complexity index is 908. The molecule has 3 rings (SSSR count). The van der Waals surface area contributed by atoms with Crippen LogP contribution in [-0.4, -0.2) is 25.5 Å². The van der Waals surface area contributed by atoms with Crippen molar-refractivity contribution in [3.05, 3.63) is 35.7 Å². The maximum absolute atomic E-state index is 12.7. The molecule has 0 saturated heterocycles. The van der Waals surface area contributed by atoms with Gasteiger partial charge in [0, 0.05) is 10.9 Å². The number of carbonyl (C=O) groups excluding carboxylic acids is 1. The molecule has 0 unspecified atom stereocenters. The summed E-state index contributed by atoms with van der Waals surface area (Å²) in [6.07, 6.45) is 4.59. The van der Waals surface area contributed by atoms with Gasteiger partial charge >= 0.3 is 0 Å². The molecule has 0 fully saturated rings. The second-order valence-corrected chi connectivity index (χ2v) is 9.02. The van der Waals surface area contributed by atoms with Crippen molar-refractivity contribution >= 4 is 27.3 Å². The summed E-state index contributed by atoms with van der Waals surface area (Å²) in [7, 11) is -3.75. The molecule has 1 aliphatic carbocycles. The van der Waals surface area contributed by atoms with Crippen LogP contribution in [0, 0.1) is 19.8 Å². The average molecular weight is 381 g/mol. The number of thiophene rings is 1. The monoisotopic (exact) mass is 381 g/mol. The highest BCUT2D eigenvalue weighted by Crippen LogP contribution is 2.35. The quantitative estimate of drug-likeness (QED) is 0.770. The fourth-order valence-corrected chi connectivity index (χ4v) is 5.71. The topological polar surface area (TPSA) is 115 Å². The summed E-state index contributed by atoms with van der Waals surface area (Å²) in [5, 5.41) is 3.89. The lowest BCUT2D eigenvalue weighted by molar-refractivity contribution is -0.122. The predicted molar refractivity (Wildman–Crippen MR) is 94.5 cm³/mol. The highest BCUT2D eigenvalue weighted by molar-refractivity contribution is 7.91. The van der Waals surface area contributed by atoms with E-state index < -0.39 is 27.9 Å². The van der Waals surface area contributed by atoms with Crippen LogP contribution < -0.4 is 10.5 Å². The van der Waals surface area contributed by atoms with E-state index >= 15 is 0 Å². The van der Waals surface area contributed by atoms with E-state index in [1.807, 2.05) is 19.1 Å². The average Bonchev–Trinajstić information content (AvgIpc) is 3.14. The second kappa shape index (κ2) is 6.74. The number of nitrogens with zero attached hydrogens (tertiary/aromatic N) is 1. The molecule has 9 heteroatoms. The molecular formula is C16H19N3O4S2. The van der Waals surface area contributed by atoms with E-state index in [0.717, 1.165) is 21.8 Å². The summed E-state index contributed by atoms with van der Waals surface area (Å²) >= 11 is 1.14. The summed E-state index contributed by atoms with van der Waals surface area (Å²) in [6.45, 7) is 3.59. The molecule has 1 aliphatic rings. The third-order valence-electron chi connectivity index (χ3n) is 4.23. The molecule has 134 valence electrons. The first-order valence-electron chi connectivity index (χ1n) is 7.79. The van der Waals surface area contributed by atoms with Gasteiger partial charge in [0.2, 0.25) is 15.9 Å². The Balaban J connectivity index is 1.86. The van der Waals surface area contributed by atoms with Gasteiger partial charge in [-0.25, -0.2) is 13.1 Å². The van der Waals surface area contributed by atoms with Gasteiger partial charge in [-0.3, -0.25) is 4.79 Å². The molecule has 0 spiro atoms. The molecule has 0 saturated carbocycles. The van der Waals surface area contributed by atoms with Gasteiger partial charge in [-0.15, -0.1) is 11.3 Å². The molecule has 7 nitrogen and oxygen atoms in total. The smallest absolute Gasteiger partial charge is 0.250 e. The highest BCUT2D eigenvalue weighted by atomic mass is 32.2. The molecule has 1 amide bonds. The first-order chi connectivity index (χ1) is 11.8. The van der Waals surface area contributed by atoms with Gasteiger partial charge in [-0.1, -0.05) is 17.3 Å². The number of nitrogens with two attached hydrogens (primary N) is 1. The van der Waals surface area contributed by atoms with Crippen LogP contribution in [0.25, 0.3) is 10.4 Å². The van der Waals surface area contributed by atoms with Crippen molar-refractivity contribution in [2.45, 2.75) is 36.9 Å². The summed E-state index contributed by atoms with van der Waals surface area (Å²) in [6, 6.07) is 2.75. The van der Waals surface area contributed by atoms with Crippen LogP contribution in [0.5, 0.6) is 0 Å². The van der Waals surface area contributed by atoms with Crippen LogP contribution in [0.1, 0.15) is 24.3 Å². The van der Waals surface area contributed by atoms with Gasteiger partial charge in [0.05, 0.1) is 17.2 Å². The van der Waals surface area contributed by atoms with Crippen molar-refractivity contribution in [1.29, 1.82) is 0 Å². The third-order valence-corrected chi connectivity index (χ3v) is 7.31. The Morgan fingerprint density at radius 2 is 2.04 bits per heavy atom. The maximum atomic E-state index is 12.7. The number of hydrogen-bond acceptors (Lipinski definition) is 6. The van der Waals surface area contributed by atoms with E-state index in [4.69, 9.17) is 10.3 Å². The molecular weight excluding hydrogens is 362 g/mol. The van der Waals surface area contributed by atoms with Crippen LogP contribution in [0.4, 0.5) is 0 Å². The summed E-state index contributed by atoms with van der Waals surface area (Å²) in [5.41, 5.74) is 6.91. The number of hydrogen-bond donors (Lipinski definition) is 2. The number of rotatable bonds is 5. The van der Waals surface area contributed by atoms with E-state index in [9.17, 15) is 13.2 Å². The van der Waals surface area contributed by atoms with Crippen LogP contribution in [0.3, 0.4) is 0 Å². The van der Waals surface area contributed by atoms with Gasteiger partial charge < -0.3 is 10.3 Å². The Morgan fingerprint density at radius 3 is 2.68 bits per heavy atom. The number of carbonyl (C=O) groups is 1. The molecule has 0 bridgehead atoms. The van der Waals surface area contributed by atoms with Gasteiger partial charge in [-0.2, -0.15) is 0 Å². The zero-order valence-corrected chi connectivity index (χ0v) is 15.5. The van der Waals surface area contributed by atoms with Crippen molar-refractivity contribution in [3.8, 4) is 10.4 Å². The molecule has 0 aromatic carbocycles. The zero-order chi connectivity index (χ0) is 18.2. The van der Waals surface area contributed by atoms with E-state index in [1.54, 1.807) is 19.1 Å². The van der Waals surface area contributed by atoms with E-state index in [1.165, 1.54) is 0 Å². The van der Waals surface area contributed by atoms with Gasteiger partial charge in [-0.05, 0) is 38.8 Å². The Morgan fingerprint density at radius 1 is 1.32 bits per heavy atom. The van der Waals surface area contributed by atoms with Crippen LogP contribution in [0.2, 0.25) is 0 Å². The van der Waals surface area contributed by atoms with Crippen LogP contribution in [-0.2, 0) is 14.8 Å². The van der Waals surface area contributed by atoms with Crippen molar-refractivity contribution in [1.82, 2.24) is 9.88 Å². The zero-order valence-electron chi connectivity index (χ0n) is 13.9. The minimum absolute atomic E-state index is 0.181. The van der Waals surface area contributed by atoms with Crippen molar-refractivity contribution in [3.63, 3.8) is 0 Å². The third kappa shape index (κ3) is 3.53. The minimum Gasteiger partial charge on any atom is -0.369 e. The van der Waals surface area contributed by atoms with Crippen molar-refractivity contribution in [2.24, 2.45) is 11.7 Å². The lowest BCUT2D eigenvalue weighted by atomic mass is 9.89. The number of sulfonamides is 1. The number of amides is 1. The van der Waals surface area contributed by atoms with E-state index in [2.05, 4.69) is 9.88 Å². The standard InChI is InChI=1S/C16H19N3O4S2/c1-9-15(10(2)23-18-9)13-7-8-14(24-13)25(21,22)19-12-6-4-3-5-11(12)16(17)20/h3-4,7-8,11-12,19H,5-6H2,1-2H3,(H2,17,20)/t11-,12-/m1/s1. The maximum Gasteiger partial charge on any atom is 0.250 e.